The average Bonchev–Trinajstić information content (AvgIpc) is 2.48. The lowest BCUT2D eigenvalue weighted by atomic mass is 10.0. The molecule has 0 spiro atoms. The number of carbonyl (C=O) groups is 1. The van der Waals surface area contributed by atoms with E-state index in [1.807, 2.05) is 0 Å². The number of hydrogen-bond donors (Lipinski definition) is 0. The molecular weight excluding hydrogens is 167 g/mol. The van der Waals surface area contributed by atoms with Gasteiger partial charge < -0.3 is 0 Å². The van der Waals surface area contributed by atoms with Gasteiger partial charge in [0.25, 0.3) is 0 Å². The van der Waals surface area contributed by atoms with Gasteiger partial charge in [0.05, 0.1) is 5.56 Å². The molecule has 1 aromatic rings. The lowest BCUT2D eigenvalue weighted by Crippen LogP contribution is -1.99. The van der Waals surface area contributed by atoms with E-state index in [0.717, 1.165) is 30.4 Å². The molecule has 1 aliphatic rings. The first-order chi connectivity index (χ1) is 6.18. The summed E-state index contributed by atoms with van der Waals surface area (Å²) in [5, 5.41) is 0. The van der Waals surface area contributed by atoms with E-state index in [-0.39, 0.29) is 17.2 Å². The van der Waals surface area contributed by atoms with Gasteiger partial charge in [-0.3, -0.25) is 4.79 Å². The Labute approximate surface area is 76.6 Å². The Balaban J connectivity index is 2.55. The Morgan fingerprint density at radius 2 is 1.92 bits per heavy atom. The smallest absolute Gasteiger partial charge is 0.162 e. The second kappa shape index (κ2) is 2.95. The molecule has 0 bridgehead atoms. The van der Waals surface area contributed by atoms with Gasteiger partial charge in [0.15, 0.2) is 5.78 Å². The van der Waals surface area contributed by atoms with Crippen molar-refractivity contribution in [3.05, 3.63) is 34.6 Å². The van der Waals surface area contributed by atoms with Gasteiger partial charge in [0.1, 0.15) is 5.82 Å². The molecule has 1 aliphatic carbocycles. The first kappa shape index (κ1) is 8.42. The van der Waals surface area contributed by atoms with Crippen LogP contribution in [0.15, 0.2) is 12.1 Å². The molecule has 2 rings (SSSR count). The Bertz CT molecular complexity index is 369. The van der Waals surface area contributed by atoms with Crippen LogP contribution in [0.25, 0.3) is 0 Å². The summed E-state index contributed by atoms with van der Waals surface area (Å²) in [6.45, 7) is 1.40. The zero-order valence-corrected chi connectivity index (χ0v) is 7.56. The number of aryl methyl sites for hydroxylation is 2. The summed E-state index contributed by atoms with van der Waals surface area (Å²) in [5.41, 5.74) is 2.45. The fraction of sp³-hybridized carbons (Fsp3) is 0.364. The van der Waals surface area contributed by atoms with Gasteiger partial charge in [-0.05, 0) is 49.4 Å². The molecule has 0 atom stereocenters. The van der Waals surface area contributed by atoms with Crippen molar-refractivity contribution in [3.63, 3.8) is 0 Å². The van der Waals surface area contributed by atoms with Crippen molar-refractivity contribution in [2.24, 2.45) is 0 Å². The molecule has 0 radical (unpaired) electrons. The summed E-state index contributed by atoms with van der Waals surface area (Å²) < 4.78 is 13.3. The fourth-order valence-electron chi connectivity index (χ4n) is 1.86. The normalized spacial score (nSPS) is 14.3. The molecule has 0 amide bonds. The molecule has 0 heterocycles. The van der Waals surface area contributed by atoms with E-state index >= 15 is 0 Å². The van der Waals surface area contributed by atoms with Crippen molar-refractivity contribution in [1.29, 1.82) is 0 Å². The van der Waals surface area contributed by atoms with Crippen LogP contribution in [0.3, 0.4) is 0 Å². The number of carbonyl (C=O) groups excluding carboxylic acids is 1. The molecule has 0 aliphatic heterocycles. The number of hydrogen-bond acceptors (Lipinski definition) is 1. The molecule has 0 unspecified atom stereocenters. The van der Waals surface area contributed by atoms with Crippen molar-refractivity contribution in [3.8, 4) is 0 Å². The molecule has 0 aromatic heterocycles. The number of Topliss-reactive ketones (excluding diaryl/α,β-unsaturated/α-hetero) is 1. The lowest BCUT2D eigenvalue weighted by molar-refractivity contribution is 0.101. The second-order valence-electron chi connectivity index (χ2n) is 3.51. The summed E-state index contributed by atoms with van der Waals surface area (Å²) in [6, 6.07) is 3.22. The summed E-state index contributed by atoms with van der Waals surface area (Å²) in [7, 11) is 0. The summed E-state index contributed by atoms with van der Waals surface area (Å²) >= 11 is 0. The Kier molecular flexibility index (Phi) is 1.91. The van der Waals surface area contributed by atoms with Crippen LogP contribution in [0, 0.1) is 5.82 Å². The molecule has 13 heavy (non-hydrogen) atoms. The van der Waals surface area contributed by atoms with Gasteiger partial charge in [-0.1, -0.05) is 0 Å². The number of benzene rings is 1. The predicted molar refractivity (Wildman–Crippen MR) is 48.4 cm³/mol. The minimum absolute atomic E-state index is 0.188. The van der Waals surface area contributed by atoms with E-state index in [2.05, 4.69) is 0 Å². The minimum Gasteiger partial charge on any atom is -0.294 e. The van der Waals surface area contributed by atoms with Crippen molar-refractivity contribution in [2.45, 2.75) is 26.2 Å². The largest absolute Gasteiger partial charge is 0.294 e. The predicted octanol–water partition coefficient (Wildman–Crippen LogP) is 2.52. The average molecular weight is 178 g/mol. The summed E-state index contributed by atoms with van der Waals surface area (Å²) in [4.78, 5) is 11.0. The van der Waals surface area contributed by atoms with Crippen LogP contribution in [-0.4, -0.2) is 5.78 Å². The Morgan fingerprint density at radius 3 is 2.54 bits per heavy atom. The maximum absolute atomic E-state index is 13.3. The number of ketones is 1. The van der Waals surface area contributed by atoms with Crippen molar-refractivity contribution in [2.75, 3.05) is 0 Å². The number of halogens is 1. The zero-order chi connectivity index (χ0) is 9.42. The van der Waals surface area contributed by atoms with Gasteiger partial charge in [0.2, 0.25) is 0 Å². The molecule has 1 nitrogen and oxygen atoms in total. The van der Waals surface area contributed by atoms with Crippen LogP contribution in [0.5, 0.6) is 0 Å². The monoisotopic (exact) mass is 178 g/mol. The third-order valence-corrected chi connectivity index (χ3v) is 2.56. The quantitative estimate of drug-likeness (QED) is 0.604. The van der Waals surface area contributed by atoms with Crippen LogP contribution >= 0.6 is 0 Å². The Hall–Kier alpha value is -1.18. The van der Waals surface area contributed by atoms with E-state index in [1.54, 1.807) is 6.07 Å². The number of rotatable bonds is 1. The molecule has 2 heteroatoms. The molecule has 0 fully saturated rings. The maximum Gasteiger partial charge on any atom is 0.162 e. The van der Waals surface area contributed by atoms with Crippen LogP contribution in [0.2, 0.25) is 0 Å². The second-order valence-corrected chi connectivity index (χ2v) is 3.51. The molecule has 1 aromatic carbocycles. The van der Waals surface area contributed by atoms with E-state index in [4.69, 9.17) is 0 Å². The molecule has 68 valence electrons. The first-order valence-electron chi connectivity index (χ1n) is 4.50. The molecule has 0 saturated carbocycles. The first-order valence-corrected chi connectivity index (χ1v) is 4.50. The van der Waals surface area contributed by atoms with Gasteiger partial charge in [-0.2, -0.15) is 0 Å². The van der Waals surface area contributed by atoms with Crippen molar-refractivity contribution < 1.29 is 9.18 Å². The molecule has 0 N–H and O–H groups in total. The van der Waals surface area contributed by atoms with Crippen LogP contribution in [0.1, 0.15) is 34.8 Å². The van der Waals surface area contributed by atoms with E-state index < -0.39 is 0 Å². The fourth-order valence-corrected chi connectivity index (χ4v) is 1.86. The topological polar surface area (TPSA) is 17.1 Å². The SMILES string of the molecule is CC(=O)c1cc2c(cc1F)CCC2. The van der Waals surface area contributed by atoms with Crippen LogP contribution in [0.4, 0.5) is 4.39 Å². The van der Waals surface area contributed by atoms with E-state index in [0.29, 0.717) is 0 Å². The zero-order valence-electron chi connectivity index (χ0n) is 7.56. The molecule has 0 saturated heterocycles. The van der Waals surface area contributed by atoms with Crippen LogP contribution < -0.4 is 0 Å². The summed E-state index contributed by atoms with van der Waals surface area (Å²) in [5.74, 6) is -0.555. The highest BCUT2D eigenvalue weighted by Gasteiger charge is 2.16. The lowest BCUT2D eigenvalue weighted by Gasteiger charge is -2.03. The highest BCUT2D eigenvalue weighted by atomic mass is 19.1. The number of fused-ring (bicyclic) bond motifs is 1. The standard InChI is InChI=1S/C11H11FO/c1-7(13)10-5-8-3-2-4-9(8)6-11(10)12/h5-6H,2-4H2,1H3. The summed E-state index contributed by atoms with van der Waals surface area (Å²) in [6.07, 6.45) is 3.01. The van der Waals surface area contributed by atoms with E-state index in [9.17, 15) is 9.18 Å². The van der Waals surface area contributed by atoms with Gasteiger partial charge in [-0.15, -0.1) is 0 Å². The van der Waals surface area contributed by atoms with Gasteiger partial charge >= 0.3 is 0 Å². The third kappa shape index (κ3) is 1.37. The third-order valence-electron chi connectivity index (χ3n) is 2.56. The highest BCUT2D eigenvalue weighted by molar-refractivity contribution is 5.94. The maximum atomic E-state index is 13.3. The van der Waals surface area contributed by atoms with Gasteiger partial charge in [0, 0.05) is 0 Å². The highest BCUT2D eigenvalue weighted by Crippen LogP contribution is 2.25. The van der Waals surface area contributed by atoms with Crippen molar-refractivity contribution in [1.82, 2.24) is 0 Å². The van der Waals surface area contributed by atoms with Crippen molar-refractivity contribution >= 4 is 5.78 Å². The van der Waals surface area contributed by atoms with E-state index in [1.165, 1.54) is 13.0 Å². The van der Waals surface area contributed by atoms with Crippen LogP contribution in [-0.2, 0) is 12.8 Å². The molecular formula is C11H11FO. The van der Waals surface area contributed by atoms with Gasteiger partial charge in [-0.25, -0.2) is 4.39 Å². The Morgan fingerprint density at radius 1 is 1.31 bits per heavy atom. The minimum atomic E-state index is -0.367.